The van der Waals surface area contributed by atoms with Gasteiger partial charge >= 0.3 is 0 Å². The lowest BCUT2D eigenvalue weighted by atomic mass is 10.2. The Balaban J connectivity index is 1.56. The number of carbonyl (C=O) groups excluding carboxylic acids is 2. The van der Waals surface area contributed by atoms with Crippen molar-refractivity contribution in [2.24, 2.45) is 0 Å². The van der Waals surface area contributed by atoms with E-state index in [1.54, 1.807) is 30.7 Å². The highest BCUT2D eigenvalue weighted by molar-refractivity contribution is 7.14. The Morgan fingerprint density at radius 1 is 0.968 bits per heavy atom. The number of rotatable bonds is 9. The van der Waals surface area contributed by atoms with Crippen molar-refractivity contribution >= 4 is 28.3 Å². The van der Waals surface area contributed by atoms with Crippen molar-refractivity contribution in [1.82, 2.24) is 10.3 Å². The molecule has 2 N–H and O–H groups in total. The van der Waals surface area contributed by atoms with Crippen molar-refractivity contribution in [3.8, 4) is 17.2 Å². The summed E-state index contributed by atoms with van der Waals surface area (Å²) in [4.78, 5) is 29.1. The molecule has 0 unspecified atom stereocenters. The molecule has 31 heavy (non-hydrogen) atoms. The highest BCUT2D eigenvalue weighted by atomic mass is 32.1. The van der Waals surface area contributed by atoms with Gasteiger partial charge in [-0.15, -0.1) is 11.3 Å². The first-order valence-corrected chi connectivity index (χ1v) is 10.3. The first-order valence-electron chi connectivity index (χ1n) is 9.39. The van der Waals surface area contributed by atoms with Gasteiger partial charge in [0.2, 0.25) is 5.91 Å². The van der Waals surface area contributed by atoms with Crippen LogP contribution in [-0.4, -0.2) is 38.1 Å². The lowest BCUT2D eigenvalue weighted by Crippen LogP contribution is -2.24. The SMILES string of the molecule is COc1cccc(CNC(=O)Cc2csc(NC(=O)c3cc(OC)cc(OC)c3)n2)c1. The van der Waals surface area contributed by atoms with E-state index in [1.807, 2.05) is 24.3 Å². The van der Waals surface area contributed by atoms with Crippen molar-refractivity contribution in [2.45, 2.75) is 13.0 Å². The average Bonchev–Trinajstić information content (AvgIpc) is 3.23. The van der Waals surface area contributed by atoms with Crippen LogP contribution < -0.4 is 24.8 Å². The van der Waals surface area contributed by atoms with Crippen molar-refractivity contribution in [2.75, 3.05) is 26.6 Å². The number of nitrogens with one attached hydrogen (secondary N) is 2. The summed E-state index contributed by atoms with van der Waals surface area (Å²) in [7, 11) is 4.63. The van der Waals surface area contributed by atoms with Crippen LogP contribution in [-0.2, 0) is 17.8 Å². The molecule has 0 spiro atoms. The Morgan fingerprint density at radius 3 is 2.35 bits per heavy atom. The molecule has 0 aliphatic carbocycles. The molecule has 9 heteroatoms. The molecule has 0 saturated carbocycles. The Morgan fingerprint density at radius 2 is 1.68 bits per heavy atom. The fraction of sp³-hybridized carbons (Fsp3) is 0.227. The van der Waals surface area contributed by atoms with Crippen molar-refractivity contribution < 1.29 is 23.8 Å². The van der Waals surface area contributed by atoms with Gasteiger partial charge in [0.1, 0.15) is 17.2 Å². The van der Waals surface area contributed by atoms with Gasteiger partial charge in [0.05, 0.1) is 33.4 Å². The lowest BCUT2D eigenvalue weighted by molar-refractivity contribution is -0.120. The normalized spacial score (nSPS) is 10.3. The number of amides is 2. The largest absolute Gasteiger partial charge is 0.497 e. The number of anilines is 1. The van der Waals surface area contributed by atoms with Crippen LogP contribution in [0.25, 0.3) is 0 Å². The van der Waals surface area contributed by atoms with Gasteiger partial charge in [-0.05, 0) is 29.8 Å². The van der Waals surface area contributed by atoms with E-state index in [0.29, 0.717) is 34.4 Å². The second-order valence-electron chi connectivity index (χ2n) is 6.50. The van der Waals surface area contributed by atoms with Gasteiger partial charge in [-0.2, -0.15) is 0 Å². The van der Waals surface area contributed by atoms with Gasteiger partial charge in [-0.3, -0.25) is 14.9 Å². The molecule has 0 fully saturated rings. The molecule has 3 aromatic rings. The maximum atomic E-state index is 12.5. The smallest absolute Gasteiger partial charge is 0.257 e. The molecule has 0 radical (unpaired) electrons. The Kier molecular flexibility index (Phi) is 7.45. The zero-order valence-corrected chi connectivity index (χ0v) is 18.2. The predicted molar refractivity (Wildman–Crippen MR) is 118 cm³/mol. The fourth-order valence-electron chi connectivity index (χ4n) is 2.76. The number of benzene rings is 2. The molecule has 1 heterocycles. The third-order valence-electron chi connectivity index (χ3n) is 4.35. The minimum absolute atomic E-state index is 0.114. The molecule has 2 aromatic carbocycles. The first kappa shape index (κ1) is 22.1. The summed E-state index contributed by atoms with van der Waals surface area (Å²) in [5.41, 5.74) is 1.89. The van der Waals surface area contributed by atoms with Gasteiger partial charge in [0.25, 0.3) is 5.91 Å². The molecule has 0 atom stereocenters. The van der Waals surface area contributed by atoms with Crippen LogP contribution in [0.3, 0.4) is 0 Å². The summed E-state index contributed by atoms with van der Waals surface area (Å²) in [6.45, 7) is 0.390. The van der Waals surface area contributed by atoms with E-state index in [1.165, 1.54) is 25.6 Å². The lowest BCUT2D eigenvalue weighted by Gasteiger charge is -2.08. The number of methoxy groups -OCH3 is 3. The summed E-state index contributed by atoms with van der Waals surface area (Å²) in [6, 6.07) is 12.4. The van der Waals surface area contributed by atoms with Crippen LogP contribution in [0.4, 0.5) is 5.13 Å². The minimum atomic E-state index is -0.347. The number of aromatic nitrogens is 1. The van der Waals surface area contributed by atoms with E-state index in [-0.39, 0.29) is 18.2 Å². The van der Waals surface area contributed by atoms with Crippen LogP contribution in [0.2, 0.25) is 0 Å². The van der Waals surface area contributed by atoms with E-state index in [0.717, 1.165) is 11.3 Å². The average molecular weight is 442 g/mol. The summed E-state index contributed by atoms with van der Waals surface area (Å²) >= 11 is 1.25. The highest BCUT2D eigenvalue weighted by Crippen LogP contribution is 2.24. The summed E-state index contributed by atoms with van der Waals surface area (Å²) in [5.74, 6) is 1.25. The minimum Gasteiger partial charge on any atom is -0.497 e. The number of hydrogen-bond donors (Lipinski definition) is 2. The number of hydrogen-bond acceptors (Lipinski definition) is 7. The molecular formula is C22H23N3O5S. The molecule has 0 saturated heterocycles. The zero-order valence-electron chi connectivity index (χ0n) is 17.4. The summed E-state index contributed by atoms with van der Waals surface area (Å²) in [5, 5.41) is 7.74. The van der Waals surface area contributed by atoms with Gasteiger partial charge in [0.15, 0.2) is 5.13 Å². The van der Waals surface area contributed by atoms with Crippen LogP contribution in [0.5, 0.6) is 17.2 Å². The van der Waals surface area contributed by atoms with Gasteiger partial charge in [-0.1, -0.05) is 12.1 Å². The fourth-order valence-corrected chi connectivity index (χ4v) is 3.47. The molecular weight excluding hydrogens is 418 g/mol. The summed E-state index contributed by atoms with van der Waals surface area (Å²) < 4.78 is 15.6. The second-order valence-corrected chi connectivity index (χ2v) is 7.36. The standard InChI is InChI=1S/C22H23N3O5S/c1-28-17-6-4-5-14(7-17)12-23-20(26)10-16-13-31-22(24-16)25-21(27)15-8-18(29-2)11-19(9-15)30-3/h4-9,11,13H,10,12H2,1-3H3,(H,23,26)(H,24,25,27). The van der Waals surface area contributed by atoms with E-state index in [4.69, 9.17) is 14.2 Å². The highest BCUT2D eigenvalue weighted by Gasteiger charge is 2.13. The van der Waals surface area contributed by atoms with Gasteiger partial charge in [-0.25, -0.2) is 4.98 Å². The number of nitrogens with zero attached hydrogens (tertiary/aromatic N) is 1. The van der Waals surface area contributed by atoms with E-state index < -0.39 is 0 Å². The zero-order chi connectivity index (χ0) is 22.2. The summed E-state index contributed by atoms with van der Waals surface area (Å²) in [6.07, 6.45) is 0.114. The Bertz CT molecular complexity index is 1040. The Hall–Kier alpha value is -3.59. The third-order valence-corrected chi connectivity index (χ3v) is 5.16. The maximum Gasteiger partial charge on any atom is 0.257 e. The third kappa shape index (κ3) is 6.19. The maximum absolute atomic E-state index is 12.5. The van der Waals surface area contributed by atoms with Crippen molar-refractivity contribution in [3.05, 3.63) is 64.7 Å². The van der Waals surface area contributed by atoms with Crippen LogP contribution >= 0.6 is 11.3 Å². The van der Waals surface area contributed by atoms with Gasteiger partial charge in [0, 0.05) is 23.6 Å². The van der Waals surface area contributed by atoms with Crippen LogP contribution in [0, 0.1) is 0 Å². The van der Waals surface area contributed by atoms with Crippen LogP contribution in [0.15, 0.2) is 47.8 Å². The second kappa shape index (κ2) is 10.4. The molecule has 0 bridgehead atoms. The van der Waals surface area contributed by atoms with Crippen LogP contribution in [0.1, 0.15) is 21.6 Å². The topological polar surface area (TPSA) is 98.8 Å². The molecule has 2 amide bonds. The van der Waals surface area contributed by atoms with E-state index in [9.17, 15) is 9.59 Å². The molecule has 1 aromatic heterocycles. The first-order chi connectivity index (χ1) is 15.0. The molecule has 0 aliphatic rings. The Labute approximate surface area is 184 Å². The quantitative estimate of drug-likeness (QED) is 0.529. The monoisotopic (exact) mass is 441 g/mol. The van der Waals surface area contributed by atoms with Crippen molar-refractivity contribution in [1.29, 1.82) is 0 Å². The molecule has 8 nitrogen and oxygen atoms in total. The number of carbonyl (C=O) groups is 2. The number of ether oxygens (including phenoxy) is 3. The molecule has 162 valence electrons. The van der Waals surface area contributed by atoms with Gasteiger partial charge < -0.3 is 19.5 Å². The molecule has 0 aliphatic heterocycles. The van der Waals surface area contributed by atoms with E-state index in [2.05, 4.69) is 15.6 Å². The van der Waals surface area contributed by atoms with Crippen molar-refractivity contribution in [3.63, 3.8) is 0 Å². The number of thiazole rings is 1. The van der Waals surface area contributed by atoms with E-state index >= 15 is 0 Å². The molecule has 3 rings (SSSR count). The predicted octanol–water partition coefficient (Wildman–Crippen LogP) is 3.28.